The molecule has 2 aromatic rings. The maximum atomic E-state index is 13.6. The molecule has 0 aliphatic carbocycles. The second-order valence-corrected chi connectivity index (χ2v) is 5.23. The normalized spacial score (nSPS) is 13.5. The number of carbonyl (C=O) groups excluding carboxylic acids is 1. The number of hydrogen-bond acceptors (Lipinski definition) is 3. The SMILES string of the molecule is Cc1ccc(Nc2cc3c(cc2N)NC(=O)CC3)cc1F. The van der Waals surface area contributed by atoms with Crippen molar-refractivity contribution in [3.05, 3.63) is 47.3 Å². The van der Waals surface area contributed by atoms with Gasteiger partial charge in [-0.1, -0.05) is 6.07 Å². The first-order chi connectivity index (χ1) is 10.0. The topological polar surface area (TPSA) is 67.2 Å². The van der Waals surface area contributed by atoms with Crippen molar-refractivity contribution in [3.8, 4) is 0 Å². The van der Waals surface area contributed by atoms with Gasteiger partial charge in [0, 0.05) is 17.8 Å². The number of nitrogens with one attached hydrogen (secondary N) is 2. The molecule has 0 spiro atoms. The summed E-state index contributed by atoms with van der Waals surface area (Å²) in [7, 11) is 0. The summed E-state index contributed by atoms with van der Waals surface area (Å²) < 4.78 is 13.6. The average molecular weight is 285 g/mol. The number of amides is 1. The number of rotatable bonds is 2. The summed E-state index contributed by atoms with van der Waals surface area (Å²) in [6.45, 7) is 1.72. The van der Waals surface area contributed by atoms with E-state index in [1.54, 1.807) is 25.1 Å². The number of fused-ring (bicyclic) bond motifs is 1. The molecule has 3 rings (SSSR count). The highest BCUT2D eigenvalue weighted by Gasteiger charge is 2.16. The molecule has 1 heterocycles. The molecule has 1 aliphatic heterocycles. The zero-order valence-corrected chi connectivity index (χ0v) is 11.7. The zero-order valence-electron chi connectivity index (χ0n) is 11.7. The fraction of sp³-hybridized carbons (Fsp3) is 0.188. The Bertz CT molecular complexity index is 728. The van der Waals surface area contributed by atoms with Gasteiger partial charge >= 0.3 is 0 Å². The van der Waals surface area contributed by atoms with Crippen molar-refractivity contribution >= 4 is 28.7 Å². The van der Waals surface area contributed by atoms with E-state index in [4.69, 9.17) is 5.73 Å². The number of carbonyl (C=O) groups is 1. The van der Waals surface area contributed by atoms with Crippen LogP contribution < -0.4 is 16.4 Å². The van der Waals surface area contributed by atoms with E-state index in [-0.39, 0.29) is 11.7 Å². The standard InChI is InChI=1S/C16H16FN3O/c1-9-2-4-11(7-12(9)17)19-15-6-10-3-5-16(21)20-14(10)8-13(15)18/h2,4,6-8,19H,3,5,18H2,1H3,(H,20,21). The lowest BCUT2D eigenvalue weighted by Crippen LogP contribution is -2.19. The molecule has 21 heavy (non-hydrogen) atoms. The number of aryl methyl sites for hydroxylation is 2. The van der Waals surface area contributed by atoms with Crippen LogP contribution >= 0.6 is 0 Å². The van der Waals surface area contributed by atoms with Crippen molar-refractivity contribution in [1.82, 2.24) is 0 Å². The summed E-state index contributed by atoms with van der Waals surface area (Å²) in [4.78, 5) is 11.4. The molecular weight excluding hydrogens is 269 g/mol. The second kappa shape index (κ2) is 5.09. The van der Waals surface area contributed by atoms with Gasteiger partial charge in [0.25, 0.3) is 0 Å². The Kier molecular flexibility index (Phi) is 3.25. The predicted octanol–water partition coefficient (Wildman–Crippen LogP) is 3.34. The van der Waals surface area contributed by atoms with Crippen LogP contribution in [-0.2, 0) is 11.2 Å². The van der Waals surface area contributed by atoms with Crippen LogP contribution in [0.15, 0.2) is 30.3 Å². The molecule has 5 heteroatoms. The van der Waals surface area contributed by atoms with Gasteiger partial charge in [-0.2, -0.15) is 0 Å². The summed E-state index contributed by atoms with van der Waals surface area (Å²) >= 11 is 0. The molecule has 2 aromatic carbocycles. The van der Waals surface area contributed by atoms with E-state index < -0.39 is 0 Å². The summed E-state index contributed by atoms with van der Waals surface area (Å²) in [5.41, 5.74) is 10.2. The van der Waals surface area contributed by atoms with E-state index >= 15 is 0 Å². The molecule has 0 aromatic heterocycles. The molecule has 0 unspecified atom stereocenters. The van der Waals surface area contributed by atoms with Crippen LogP contribution in [0.5, 0.6) is 0 Å². The van der Waals surface area contributed by atoms with E-state index in [9.17, 15) is 9.18 Å². The minimum atomic E-state index is -0.260. The Balaban J connectivity index is 1.92. The number of nitrogen functional groups attached to an aromatic ring is 1. The summed E-state index contributed by atoms with van der Waals surface area (Å²) in [5, 5.41) is 5.93. The van der Waals surface area contributed by atoms with Gasteiger partial charge in [0.15, 0.2) is 0 Å². The predicted molar refractivity (Wildman–Crippen MR) is 82.2 cm³/mol. The van der Waals surface area contributed by atoms with Crippen molar-refractivity contribution in [2.24, 2.45) is 0 Å². The largest absolute Gasteiger partial charge is 0.397 e. The van der Waals surface area contributed by atoms with Gasteiger partial charge in [-0.25, -0.2) is 4.39 Å². The molecule has 1 aliphatic rings. The second-order valence-electron chi connectivity index (χ2n) is 5.23. The highest BCUT2D eigenvalue weighted by molar-refractivity contribution is 5.95. The molecule has 0 atom stereocenters. The van der Waals surface area contributed by atoms with E-state index in [1.165, 1.54) is 6.07 Å². The van der Waals surface area contributed by atoms with Gasteiger partial charge in [0.2, 0.25) is 5.91 Å². The molecule has 0 saturated heterocycles. The van der Waals surface area contributed by atoms with E-state index in [0.29, 0.717) is 35.5 Å². The van der Waals surface area contributed by atoms with Gasteiger partial charge in [0.05, 0.1) is 11.4 Å². The molecular formula is C16H16FN3O. The van der Waals surface area contributed by atoms with Crippen LogP contribution in [0.25, 0.3) is 0 Å². The third-order valence-corrected chi connectivity index (χ3v) is 3.62. The van der Waals surface area contributed by atoms with Crippen LogP contribution in [-0.4, -0.2) is 5.91 Å². The first-order valence-electron chi connectivity index (χ1n) is 6.78. The Morgan fingerprint density at radius 1 is 1.24 bits per heavy atom. The van der Waals surface area contributed by atoms with E-state index in [2.05, 4.69) is 10.6 Å². The van der Waals surface area contributed by atoms with Crippen LogP contribution in [0, 0.1) is 12.7 Å². The number of halogens is 1. The molecule has 108 valence electrons. The van der Waals surface area contributed by atoms with Crippen LogP contribution in [0.3, 0.4) is 0 Å². The maximum absolute atomic E-state index is 13.6. The van der Waals surface area contributed by atoms with Crippen LogP contribution in [0.1, 0.15) is 17.5 Å². The van der Waals surface area contributed by atoms with Crippen LogP contribution in [0.4, 0.5) is 27.1 Å². The molecule has 0 saturated carbocycles. The van der Waals surface area contributed by atoms with Crippen molar-refractivity contribution in [3.63, 3.8) is 0 Å². The highest BCUT2D eigenvalue weighted by Crippen LogP contribution is 2.32. The lowest BCUT2D eigenvalue weighted by molar-refractivity contribution is -0.116. The fourth-order valence-electron chi connectivity index (χ4n) is 2.38. The minimum Gasteiger partial charge on any atom is -0.397 e. The molecule has 0 fully saturated rings. The Hall–Kier alpha value is -2.56. The minimum absolute atomic E-state index is 0.00298. The van der Waals surface area contributed by atoms with Gasteiger partial charge < -0.3 is 16.4 Å². The molecule has 1 amide bonds. The molecule has 0 bridgehead atoms. The lowest BCUT2D eigenvalue weighted by atomic mass is 10.0. The summed E-state index contributed by atoms with van der Waals surface area (Å²) in [5.74, 6) is -0.257. The van der Waals surface area contributed by atoms with Crippen molar-refractivity contribution in [2.45, 2.75) is 19.8 Å². The number of benzene rings is 2. The van der Waals surface area contributed by atoms with Crippen molar-refractivity contribution in [1.29, 1.82) is 0 Å². The maximum Gasteiger partial charge on any atom is 0.224 e. The van der Waals surface area contributed by atoms with Crippen molar-refractivity contribution in [2.75, 3.05) is 16.4 Å². The third kappa shape index (κ3) is 2.67. The monoisotopic (exact) mass is 285 g/mol. The van der Waals surface area contributed by atoms with Gasteiger partial charge in [-0.3, -0.25) is 4.79 Å². The van der Waals surface area contributed by atoms with E-state index in [0.717, 1.165) is 11.3 Å². The molecule has 0 radical (unpaired) electrons. The number of anilines is 4. The van der Waals surface area contributed by atoms with Gasteiger partial charge in [-0.05, 0) is 48.7 Å². The lowest BCUT2D eigenvalue weighted by Gasteiger charge is -2.20. The Labute approximate surface area is 122 Å². The van der Waals surface area contributed by atoms with Gasteiger partial charge in [-0.15, -0.1) is 0 Å². The van der Waals surface area contributed by atoms with E-state index in [1.807, 2.05) is 6.07 Å². The van der Waals surface area contributed by atoms with Crippen molar-refractivity contribution < 1.29 is 9.18 Å². The smallest absolute Gasteiger partial charge is 0.224 e. The molecule has 4 nitrogen and oxygen atoms in total. The first kappa shape index (κ1) is 13.4. The number of hydrogen-bond donors (Lipinski definition) is 3. The third-order valence-electron chi connectivity index (χ3n) is 3.62. The average Bonchev–Trinajstić information content (AvgIpc) is 2.44. The van der Waals surface area contributed by atoms with Gasteiger partial charge in [0.1, 0.15) is 5.82 Å². The highest BCUT2D eigenvalue weighted by atomic mass is 19.1. The Morgan fingerprint density at radius 3 is 2.81 bits per heavy atom. The Morgan fingerprint density at radius 2 is 2.05 bits per heavy atom. The molecule has 4 N–H and O–H groups in total. The summed E-state index contributed by atoms with van der Waals surface area (Å²) in [6, 6.07) is 8.60. The quantitative estimate of drug-likeness (QED) is 0.741. The summed E-state index contributed by atoms with van der Waals surface area (Å²) in [6.07, 6.45) is 1.15. The fourth-order valence-corrected chi connectivity index (χ4v) is 2.38. The first-order valence-corrected chi connectivity index (χ1v) is 6.78. The van der Waals surface area contributed by atoms with Crippen LogP contribution in [0.2, 0.25) is 0 Å². The number of nitrogens with two attached hydrogens (primary N) is 1. The zero-order chi connectivity index (χ0) is 15.0.